The van der Waals surface area contributed by atoms with Crippen LogP contribution in [0.2, 0.25) is 0 Å². The molecule has 0 aliphatic heterocycles. The van der Waals surface area contributed by atoms with Crippen molar-refractivity contribution in [2.45, 2.75) is 32.4 Å². The van der Waals surface area contributed by atoms with Gasteiger partial charge in [-0.15, -0.1) is 0 Å². The second kappa shape index (κ2) is 6.49. The minimum atomic E-state index is -1.04. The molecule has 1 unspecified atom stereocenters. The largest absolute Gasteiger partial charge is 0.478 e. The van der Waals surface area contributed by atoms with E-state index in [4.69, 9.17) is 9.84 Å². The number of aliphatic hydroxyl groups is 1. The van der Waals surface area contributed by atoms with E-state index in [-0.39, 0.29) is 23.6 Å². The Hall–Kier alpha value is -1.66. The smallest absolute Gasteiger partial charge is 0.335 e. The summed E-state index contributed by atoms with van der Waals surface area (Å²) in [4.78, 5) is 14.6. The van der Waals surface area contributed by atoms with Crippen molar-refractivity contribution in [2.75, 3.05) is 13.2 Å². The molecular weight excluding hydrogens is 248 g/mol. The number of aliphatic hydroxyl groups excluding tert-OH is 1. The second-order valence-electron chi connectivity index (χ2n) is 5.28. The van der Waals surface area contributed by atoms with Gasteiger partial charge in [-0.1, -0.05) is 0 Å². The van der Waals surface area contributed by atoms with Gasteiger partial charge in [0.05, 0.1) is 5.56 Å². The first-order valence-corrected chi connectivity index (χ1v) is 6.03. The highest BCUT2D eigenvalue weighted by Gasteiger charge is 2.13. The van der Waals surface area contributed by atoms with Gasteiger partial charge in [0.2, 0.25) is 5.88 Å². The molecule has 0 aromatic carbocycles. The second-order valence-corrected chi connectivity index (χ2v) is 5.28. The fraction of sp³-hybridized carbons (Fsp3) is 0.538. The highest BCUT2D eigenvalue weighted by molar-refractivity contribution is 5.87. The molecule has 0 spiro atoms. The predicted molar refractivity (Wildman–Crippen MR) is 70.5 cm³/mol. The number of hydrogen-bond donors (Lipinski definition) is 3. The first-order chi connectivity index (χ1) is 8.78. The first kappa shape index (κ1) is 15.4. The third-order valence-corrected chi connectivity index (χ3v) is 2.27. The zero-order valence-electron chi connectivity index (χ0n) is 11.4. The molecule has 3 N–H and O–H groups in total. The summed E-state index contributed by atoms with van der Waals surface area (Å²) in [5, 5.41) is 21.7. The molecule has 1 aromatic rings. The molecule has 0 aliphatic carbocycles. The van der Waals surface area contributed by atoms with E-state index in [0.29, 0.717) is 6.54 Å². The van der Waals surface area contributed by atoms with Crippen LogP contribution in [0, 0.1) is 0 Å². The Morgan fingerprint density at radius 3 is 2.79 bits per heavy atom. The van der Waals surface area contributed by atoms with Gasteiger partial charge in [0.15, 0.2) is 0 Å². The van der Waals surface area contributed by atoms with Gasteiger partial charge < -0.3 is 20.3 Å². The molecule has 0 saturated heterocycles. The summed E-state index contributed by atoms with van der Waals surface area (Å²) in [7, 11) is 0. The Balaban J connectivity index is 2.44. The van der Waals surface area contributed by atoms with Gasteiger partial charge in [-0.3, -0.25) is 0 Å². The third kappa shape index (κ3) is 6.17. The van der Waals surface area contributed by atoms with Crippen LogP contribution in [0.3, 0.4) is 0 Å². The minimum Gasteiger partial charge on any atom is -0.478 e. The summed E-state index contributed by atoms with van der Waals surface area (Å²) in [5.74, 6) is -0.850. The highest BCUT2D eigenvalue weighted by Crippen LogP contribution is 2.09. The van der Waals surface area contributed by atoms with Gasteiger partial charge in [-0.25, -0.2) is 9.78 Å². The standard InChI is InChI=1S/C13H20N2O4/c1-13(2,3)15-7-10(16)8-19-11-6-9(12(17)18)4-5-14-11/h4-6,10,15-16H,7-8H2,1-3H3,(H,17,18). The monoisotopic (exact) mass is 268 g/mol. The average Bonchev–Trinajstić information content (AvgIpc) is 2.33. The maximum absolute atomic E-state index is 10.8. The number of hydrogen-bond acceptors (Lipinski definition) is 5. The Morgan fingerprint density at radius 1 is 1.53 bits per heavy atom. The molecule has 1 rings (SSSR count). The van der Waals surface area contributed by atoms with Crippen molar-refractivity contribution in [2.24, 2.45) is 0 Å². The normalized spacial score (nSPS) is 13.1. The molecule has 0 fully saturated rings. The Morgan fingerprint density at radius 2 is 2.21 bits per heavy atom. The average molecular weight is 268 g/mol. The molecule has 106 valence electrons. The lowest BCUT2D eigenvalue weighted by Gasteiger charge is -2.22. The van der Waals surface area contributed by atoms with E-state index in [0.717, 1.165) is 0 Å². The van der Waals surface area contributed by atoms with Crippen LogP contribution in [-0.2, 0) is 0 Å². The molecule has 19 heavy (non-hydrogen) atoms. The van der Waals surface area contributed by atoms with E-state index >= 15 is 0 Å². The summed E-state index contributed by atoms with van der Waals surface area (Å²) in [6.45, 7) is 6.44. The summed E-state index contributed by atoms with van der Waals surface area (Å²) < 4.78 is 5.26. The molecule has 0 bridgehead atoms. The topological polar surface area (TPSA) is 91.7 Å². The number of aromatic carboxylic acids is 1. The van der Waals surface area contributed by atoms with Crippen molar-refractivity contribution in [3.05, 3.63) is 23.9 Å². The van der Waals surface area contributed by atoms with Gasteiger partial charge in [-0.05, 0) is 26.8 Å². The lowest BCUT2D eigenvalue weighted by Crippen LogP contribution is -2.42. The number of nitrogens with one attached hydrogen (secondary N) is 1. The van der Waals surface area contributed by atoms with Crippen molar-refractivity contribution < 1.29 is 19.7 Å². The van der Waals surface area contributed by atoms with Crippen molar-refractivity contribution in [1.29, 1.82) is 0 Å². The van der Waals surface area contributed by atoms with Crippen LogP contribution in [0.5, 0.6) is 5.88 Å². The first-order valence-electron chi connectivity index (χ1n) is 6.03. The van der Waals surface area contributed by atoms with E-state index in [9.17, 15) is 9.90 Å². The van der Waals surface area contributed by atoms with Gasteiger partial charge in [0.1, 0.15) is 12.7 Å². The Bertz CT molecular complexity index is 429. The molecule has 0 amide bonds. The molecule has 1 aromatic heterocycles. The Labute approximate surface area is 112 Å². The van der Waals surface area contributed by atoms with Crippen molar-refractivity contribution >= 4 is 5.97 Å². The fourth-order valence-electron chi connectivity index (χ4n) is 1.29. The zero-order chi connectivity index (χ0) is 14.5. The van der Waals surface area contributed by atoms with Crippen molar-refractivity contribution in [3.63, 3.8) is 0 Å². The van der Waals surface area contributed by atoms with Crippen LogP contribution in [0.25, 0.3) is 0 Å². The predicted octanol–water partition coefficient (Wildman–Crippen LogP) is 0.908. The van der Waals surface area contributed by atoms with E-state index in [1.54, 1.807) is 0 Å². The fourth-order valence-corrected chi connectivity index (χ4v) is 1.29. The van der Waals surface area contributed by atoms with Crippen LogP contribution in [0.4, 0.5) is 0 Å². The van der Waals surface area contributed by atoms with Crippen LogP contribution < -0.4 is 10.1 Å². The number of carboxylic acid groups (broad SMARTS) is 1. The van der Waals surface area contributed by atoms with E-state index in [2.05, 4.69) is 10.3 Å². The lowest BCUT2D eigenvalue weighted by molar-refractivity contribution is 0.0695. The molecule has 0 saturated carbocycles. The molecule has 1 heterocycles. The quantitative estimate of drug-likeness (QED) is 0.710. The van der Waals surface area contributed by atoms with Crippen molar-refractivity contribution in [1.82, 2.24) is 10.3 Å². The minimum absolute atomic E-state index is 0.0547. The number of ether oxygens (including phenoxy) is 1. The summed E-state index contributed by atoms with van der Waals surface area (Å²) in [6, 6.07) is 2.71. The van der Waals surface area contributed by atoms with E-state index < -0.39 is 12.1 Å². The molecule has 0 radical (unpaired) electrons. The van der Waals surface area contributed by atoms with Crippen LogP contribution in [0.1, 0.15) is 31.1 Å². The molecule has 6 heteroatoms. The zero-order valence-corrected chi connectivity index (χ0v) is 11.4. The number of carboxylic acids is 1. The van der Waals surface area contributed by atoms with Gasteiger partial charge in [-0.2, -0.15) is 0 Å². The third-order valence-electron chi connectivity index (χ3n) is 2.27. The number of β-amino-alcohol motifs (C(OH)–C–C–N with tert-alkyl or cyclic N) is 1. The highest BCUT2D eigenvalue weighted by atomic mass is 16.5. The van der Waals surface area contributed by atoms with Crippen molar-refractivity contribution in [3.8, 4) is 5.88 Å². The van der Waals surface area contributed by atoms with E-state index in [1.165, 1.54) is 18.3 Å². The number of carbonyl (C=O) groups is 1. The van der Waals surface area contributed by atoms with Crippen LogP contribution >= 0.6 is 0 Å². The molecule has 6 nitrogen and oxygen atoms in total. The van der Waals surface area contributed by atoms with Crippen LogP contribution in [-0.4, -0.2) is 46.0 Å². The number of rotatable bonds is 6. The SMILES string of the molecule is CC(C)(C)NCC(O)COc1cc(C(=O)O)ccn1. The molecular formula is C13H20N2O4. The lowest BCUT2D eigenvalue weighted by atomic mass is 10.1. The summed E-state index contributed by atoms with van der Waals surface area (Å²) >= 11 is 0. The Kier molecular flexibility index (Phi) is 5.26. The number of aromatic nitrogens is 1. The van der Waals surface area contributed by atoms with Gasteiger partial charge in [0, 0.05) is 24.3 Å². The maximum atomic E-state index is 10.8. The van der Waals surface area contributed by atoms with E-state index in [1.807, 2.05) is 20.8 Å². The van der Waals surface area contributed by atoms with Crippen LogP contribution in [0.15, 0.2) is 18.3 Å². The summed E-state index contributed by atoms with van der Waals surface area (Å²) in [6.07, 6.45) is 0.674. The van der Waals surface area contributed by atoms with Gasteiger partial charge >= 0.3 is 5.97 Å². The van der Waals surface area contributed by atoms with Gasteiger partial charge in [0.25, 0.3) is 0 Å². The summed E-state index contributed by atoms with van der Waals surface area (Å²) in [5.41, 5.74) is 0.0231. The maximum Gasteiger partial charge on any atom is 0.335 e. The molecule has 0 aliphatic rings. The number of nitrogens with zero attached hydrogens (tertiary/aromatic N) is 1. The number of pyridine rings is 1. The molecule has 1 atom stereocenters.